The molecule has 0 spiro atoms. The lowest BCUT2D eigenvalue weighted by Gasteiger charge is -2.41. The molecule has 2 heterocycles. The number of nitrogens with zero attached hydrogens (tertiary/aromatic N) is 2. The molecule has 2 aromatic carbocycles. The summed E-state index contributed by atoms with van der Waals surface area (Å²) in [6.45, 7) is 9.05. The van der Waals surface area contributed by atoms with Crippen LogP contribution in [0.3, 0.4) is 0 Å². The molecule has 6 N–H and O–H groups in total. The zero-order chi connectivity index (χ0) is 35.3. The third-order valence-corrected chi connectivity index (χ3v) is 10.1. The SMILES string of the molecule is CCN1C2CCC1CN(C(=O)C(CCCCN)NC(=O)C(CC(=O)C(Cc1ccccc1)NC(=O)C(N)Cc1ccccc1)CC(C)C)C2. The second-order valence-electron chi connectivity index (χ2n) is 14.3. The highest BCUT2D eigenvalue weighted by Gasteiger charge is 2.42. The predicted octanol–water partition coefficient (Wildman–Crippen LogP) is 3.21. The molecule has 268 valence electrons. The molecule has 0 aromatic heterocycles. The molecule has 10 heteroatoms. The van der Waals surface area contributed by atoms with Crippen LogP contribution in [0, 0.1) is 11.8 Å². The summed E-state index contributed by atoms with van der Waals surface area (Å²) in [5.74, 6) is -1.51. The molecule has 2 aromatic rings. The van der Waals surface area contributed by atoms with Crippen molar-refractivity contribution >= 4 is 23.5 Å². The first kappa shape index (κ1) is 38.2. The summed E-state index contributed by atoms with van der Waals surface area (Å²) >= 11 is 0. The van der Waals surface area contributed by atoms with Crippen LogP contribution in [0.15, 0.2) is 60.7 Å². The zero-order valence-corrected chi connectivity index (χ0v) is 29.7. The van der Waals surface area contributed by atoms with E-state index in [1.807, 2.05) is 79.4 Å². The highest BCUT2D eigenvalue weighted by molar-refractivity contribution is 5.95. The normalized spacial score (nSPS) is 20.0. The maximum absolute atomic E-state index is 14.0. The Hall–Kier alpha value is -3.60. The molecule has 6 atom stereocenters. The van der Waals surface area contributed by atoms with E-state index in [9.17, 15) is 19.2 Å². The number of unbranched alkanes of at least 4 members (excludes halogenated alkanes) is 1. The number of likely N-dealkylation sites (N-methyl/N-ethyl adjacent to an activating group) is 1. The van der Waals surface area contributed by atoms with Crippen molar-refractivity contribution < 1.29 is 19.2 Å². The summed E-state index contributed by atoms with van der Waals surface area (Å²) < 4.78 is 0. The Bertz CT molecular complexity index is 1340. The quantitative estimate of drug-likeness (QED) is 0.167. The molecule has 4 rings (SSSR count). The Morgan fingerprint density at radius 2 is 1.39 bits per heavy atom. The van der Waals surface area contributed by atoms with Crippen molar-refractivity contribution in [2.45, 2.75) is 109 Å². The number of hydrogen-bond donors (Lipinski definition) is 4. The van der Waals surface area contributed by atoms with Crippen LogP contribution >= 0.6 is 0 Å². The highest BCUT2D eigenvalue weighted by Crippen LogP contribution is 2.30. The summed E-state index contributed by atoms with van der Waals surface area (Å²) in [4.78, 5) is 59.8. The second kappa shape index (κ2) is 19.0. The van der Waals surface area contributed by atoms with Crippen molar-refractivity contribution in [1.29, 1.82) is 0 Å². The number of carbonyl (C=O) groups excluding carboxylic acids is 4. The van der Waals surface area contributed by atoms with Crippen molar-refractivity contribution in [3.63, 3.8) is 0 Å². The van der Waals surface area contributed by atoms with Crippen LogP contribution in [0.1, 0.15) is 76.8 Å². The van der Waals surface area contributed by atoms with Gasteiger partial charge in [-0.15, -0.1) is 0 Å². The minimum Gasteiger partial charge on any atom is -0.345 e. The number of benzene rings is 2. The largest absolute Gasteiger partial charge is 0.345 e. The molecule has 0 radical (unpaired) electrons. The third kappa shape index (κ3) is 11.2. The van der Waals surface area contributed by atoms with E-state index in [0.29, 0.717) is 51.0 Å². The molecular formula is C39H58N6O4. The fourth-order valence-electron chi connectivity index (χ4n) is 7.52. The molecule has 0 aliphatic carbocycles. The van der Waals surface area contributed by atoms with Crippen LogP contribution in [0.2, 0.25) is 0 Å². The van der Waals surface area contributed by atoms with Crippen molar-refractivity contribution in [2.24, 2.45) is 23.3 Å². The van der Waals surface area contributed by atoms with Gasteiger partial charge >= 0.3 is 0 Å². The molecule has 2 saturated heterocycles. The van der Waals surface area contributed by atoms with Gasteiger partial charge in [-0.3, -0.25) is 24.1 Å². The third-order valence-electron chi connectivity index (χ3n) is 10.1. The van der Waals surface area contributed by atoms with Gasteiger partial charge in [0.05, 0.1) is 12.1 Å². The lowest BCUT2D eigenvalue weighted by molar-refractivity contribution is -0.141. The Morgan fingerprint density at radius 3 is 1.94 bits per heavy atom. The van der Waals surface area contributed by atoms with E-state index in [0.717, 1.165) is 43.4 Å². The van der Waals surface area contributed by atoms with Crippen molar-refractivity contribution in [1.82, 2.24) is 20.4 Å². The van der Waals surface area contributed by atoms with Crippen molar-refractivity contribution in [2.75, 3.05) is 26.2 Å². The van der Waals surface area contributed by atoms with E-state index in [4.69, 9.17) is 11.5 Å². The van der Waals surface area contributed by atoms with Crippen LogP contribution < -0.4 is 22.1 Å². The molecule has 2 aliphatic rings. The molecule has 2 fully saturated rings. The van der Waals surface area contributed by atoms with E-state index < -0.39 is 30.0 Å². The average Bonchev–Trinajstić information content (AvgIpc) is 3.34. The molecular weight excluding hydrogens is 616 g/mol. The van der Waals surface area contributed by atoms with Gasteiger partial charge in [-0.1, -0.05) is 81.4 Å². The van der Waals surface area contributed by atoms with Gasteiger partial charge < -0.3 is 27.0 Å². The number of amides is 3. The predicted molar refractivity (Wildman–Crippen MR) is 193 cm³/mol. The number of fused-ring (bicyclic) bond motifs is 2. The zero-order valence-electron chi connectivity index (χ0n) is 29.7. The molecule has 6 unspecified atom stereocenters. The lowest BCUT2D eigenvalue weighted by atomic mass is 9.88. The number of rotatable bonds is 19. The minimum atomic E-state index is -0.855. The van der Waals surface area contributed by atoms with Gasteiger partial charge in [0.1, 0.15) is 6.04 Å². The summed E-state index contributed by atoms with van der Waals surface area (Å²) in [6, 6.07) is 17.4. The standard InChI is InChI=1S/C39H58N6O4/c1-4-45-31-18-19-32(45)26-44(25-31)39(49)34(17-11-12-20-40)42-37(47)30(21-27(2)3)24-36(46)35(23-29-15-9-6-10-16-29)43-38(48)33(41)22-28-13-7-5-8-14-28/h5-10,13-16,27,30-35H,4,11-12,17-26,40-41H2,1-3H3,(H,42,47)(H,43,48). The average molecular weight is 675 g/mol. The maximum Gasteiger partial charge on any atom is 0.245 e. The van der Waals surface area contributed by atoms with Gasteiger partial charge in [-0.05, 0) is 81.5 Å². The van der Waals surface area contributed by atoms with Gasteiger partial charge in [0, 0.05) is 37.5 Å². The van der Waals surface area contributed by atoms with E-state index in [1.54, 1.807) is 0 Å². The molecule has 0 saturated carbocycles. The monoisotopic (exact) mass is 674 g/mol. The first-order valence-corrected chi connectivity index (χ1v) is 18.3. The van der Waals surface area contributed by atoms with Crippen LogP contribution in [0.4, 0.5) is 0 Å². The van der Waals surface area contributed by atoms with Crippen LogP contribution in [0.5, 0.6) is 0 Å². The summed E-state index contributed by atoms with van der Waals surface area (Å²) in [5.41, 5.74) is 13.9. The summed E-state index contributed by atoms with van der Waals surface area (Å²) in [5, 5.41) is 6.01. The number of carbonyl (C=O) groups is 4. The van der Waals surface area contributed by atoms with Crippen molar-refractivity contribution in [3.05, 3.63) is 71.8 Å². The smallest absolute Gasteiger partial charge is 0.245 e. The number of ketones is 1. The van der Waals surface area contributed by atoms with Crippen molar-refractivity contribution in [3.8, 4) is 0 Å². The van der Waals surface area contributed by atoms with Gasteiger partial charge in [-0.2, -0.15) is 0 Å². The molecule has 10 nitrogen and oxygen atoms in total. The number of hydrogen-bond acceptors (Lipinski definition) is 7. The Labute approximate surface area is 292 Å². The van der Waals surface area contributed by atoms with E-state index in [1.165, 1.54) is 0 Å². The van der Waals surface area contributed by atoms with E-state index in [2.05, 4.69) is 22.5 Å². The number of nitrogens with two attached hydrogens (primary N) is 2. The minimum absolute atomic E-state index is 0.0470. The Kier molecular flexibility index (Phi) is 14.8. The van der Waals surface area contributed by atoms with E-state index in [-0.39, 0.29) is 36.4 Å². The Balaban J connectivity index is 1.48. The number of likely N-dealkylation sites (tertiary alicyclic amines) is 1. The van der Waals surface area contributed by atoms with Crippen LogP contribution in [-0.2, 0) is 32.0 Å². The van der Waals surface area contributed by atoms with Gasteiger partial charge in [0.25, 0.3) is 0 Å². The van der Waals surface area contributed by atoms with Crippen LogP contribution in [-0.4, -0.2) is 89.7 Å². The topological polar surface area (TPSA) is 151 Å². The maximum atomic E-state index is 14.0. The number of piperazine rings is 1. The summed E-state index contributed by atoms with van der Waals surface area (Å²) in [7, 11) is 0. The number of nitrogens with one attached hydrogen (secondary N) is 2. The fraction of sp³-hybridized carbons (Fsp3) is 0.590. The van der Waals surface area contributed by atoms with Crippen LogP contribution in [0.25, 0.3) is 0 Å². The molecule has 2 aliphatic heterocycles. The molecule has 3 amide bonds. The van der Waals surface area contributed by atoms with Gasteiger partial charge in [-0.25, -0.2) is 0 Å². The second-order valence-corrected chi connectivity index (χ2v) is 14.3. The fourth-order valence-corrected chi connectivity index (χ4v) is 7.52. The lowest BCUT2D eigenvalue weighted by Crippen LogP contribution is -2.59. The number of Topliss-reactive ketones (excluding diaryl/α,β-unsaturated/α-hetero) is 1. The first-order valence-electron chi connectivity index (χ1n) is 18.3. The molecule has 2 bridgehead atoms. The van der Waals surface area contributed by atoms with Gasteiger partial charge in [0.15, 0.2) is 5.78 Å². The highest BCUT2D eigenvalue weighted by atomic mass is 16.2. The van der Waals surface area contributed by atoms with E-state index >= 15 is 0 Å². The first-order chi connectivity index (χ1) is 23.6. The van der Waals surface area contributed by atoms with Gasteiger partial charge in [0.2, 0.25) is 17.7 Å². The Morgan fingerprint density at radius 1 is 0.816 bits per heavy atom. The molecule has 49 heavy (non-hydrogen) atoms. The summed E-state index contributed by atoms with van der Waals surface area (Å²) in [6.07, 6.45) is 5.19.